The van der Waals surface area contributed by atoms with Gasteiger partial charge in [0, 0.05) is 19.2 Å². The summed E-state index contributed by atoms with van der Waals surface area (Å²) in [7, 11) is 0.979. The molecule has 0 aromatic carbocycles. The summed E-state index contributed by atoms with van der Waals surface area (Å²) < 4.78 is 26.5. The van der Waals surface area contributed by atoms with Crippen molar-refractivity contribution < 1.29 is 17.9 Å². The van der Waals surface area contributed by atoms with Gasteiger partial charge in [-0.15, -0.1) is 0 Å². The van der Waals surface area contributed by atoms with Crippen molar-refractivity contribution in [2.75, 3.05) is 13.3 Å². The van der Waals surface area contributed by atoms with Crippen molar-refractivity contribution >= 4 is 27.0 Å². The fourth-order valence-corrected chi connectivity index (χ4v) is 2.06. The third-order valence-electron chi connectivity index (χ3n) is 2.78. The van der Waals surface area contributed by atoms with Crippen LogP contribution in [-0.4, -0.2) is 46.8 Å². The van der Waals surface area contributed by atoms with Crippen LogP contribution in [0.5, 0.6) is 0 Å². The number of aromatic nitrogens is 4. The molecule has 0 aliphatic carbocycles. The molecule has 0 aliphatic heterocycles. The van der Waals surface area contributed by atoms with Crippen LogP contribution in [0.2, 0.25) is 0 Å². The van der Waals surface area contributed by atoms with Gasteiger partial charge in [-0.2, -0.15) is 5.10 Å². The van der Waals surface area contributed by atoms with Gasteiger partial charge in [-0.3, -0.25) is 4.79 Å². The maximum Gasteiger partial charge on any atom is 0.274 e. The van der Waals surface area contributed by atoms with E-state index in [1.165, 1.54) is 28.8 Å². The first-order chi connectivity index (χ1) is 8.71. The molecule has 2 heterocycles. The molecule has 0 N–H and O–H groups in total. The Labute approximate surface area is 110 Å². The van der Waals surface area contributed by atoms with Crippen molar-refractivity contribution in [2.24, 2.45) is 14.1 Å². The second kappa shape index (κ2) is 4.26. The molecule has 0 spiro atoms. The van der Waals surface area contributed by atoms with Crippen LogP contribution in [0.15, 0.2) is 12.4 Å². The fourth-order valence-electron chi connectivity index (χ4n) is 1.66. The van der Waals surface area contributed by atoms with E-state index in [0.29, 0.717) is 15.3 Å². The first-order valence-electron chi connectivity index (χ1n) is 5.38. The van der Waals surface area contributed by atoms with Crippen molar-refractivity contribution in [3.63, 3.8) is 0 Å². The predicted molar refractivity (Wildman–Crippen MR) is 66.6 cm³/mol. The maximum atomic E-state index is 12.2. The number of hydrogen-bond donors (Lipinski definition) is 0. The van der Waals surface area contributed by atoms with Crippen LogP contribution >= 0.6 is 0 Å². The van der Waals surface area contributed by atoms with E-state index in [0.717, 1.165) is 6.26 Å². The third kappa shape index (κ3) is 2.28. The van der Waals surface area contributed by atoms with Crippen LogP contribution in [0.3, 0.4) is 0 Å². The summed E-state index contributed by atoms with van der Waals surface area (Å²) >= 11 is 0. The van der Waals surface area contributed by atoms with Crippen molar-refractivity contribution in [1.82, 2.24) is 19.2 Å². The minimum absolute atomic E-state index is 0.244. The maximum absolute atomic E-state index is 12.2. The summed E-state index contributed by atoms with van der Waals surface area (Å²) in [5.41, 5.74) is 0.753. The normalized spacial score (nSPS) is 11.8. The minimum atomic E-state index is -3.60. The molecule has 2 aromatic heterocycles. The zero-order chi connectivity index (χ0) is 14.4. The molecule has 19 heavy (non-hydrogen) atoms. The summed E-state index contributed by atoms with van der Waals surface area (Å²) in [6, 6.07) is 0. The number of nitrogens with zero attached hydrogens (tertiary/aromatic N) is 5. The van der Waals surface area contributed by atoms with Gasteiger partial charge in [-0.25, -0.2) is 17.4 Å². The second-order valence-electron chi connectivity index (χ2n) is 4.26. The second-order valence-corrected chi connectivity index (χ2v) is 6.27. The number of rotatable bonds is 2. The molecule has 0 saturated heterocycles. The Morgan fingerprint density at radius 1 is 1.47 bits per heavy atom. The highest BCUT2D eigenvalue weighted by Crippen LogP contribution is 2.16. The molecule has 0 aliphatic rings. The number of fused-ring (bicyclic) bond motifs is 1. The predicted octanol–water partition coefficient (Wildman–Crippen LogP) is -1.18. The highest BCUT2D eigenvalue weighted by molar-refractivity contribution is 7.88. The van der Waals surface area contributed by atoms with Crippen molar-refractivity contribution in [3.8, 4) is 0 Å². The molecule has 8 nitrogen and oxygen atoms in total. The van der Waals surface area contributed by atoms with E-state index in [1.54, 1.807) is 14.1 Å². The number of sulfonamides is 1. The molecule has 1 amide bonds. The zero-order valence-electron chi connectivity index (χ0n) is 11.0. The van der Waals surface area contributed by atoms with Gasteiger partial charge in [0.2, 0.25) is 21.9 Å². The summed E-state index contributed by atoms with van der Waals surface area (Å²) in [5.74, 6) is -0.612. The Hall–Kier alpha value is -2.03. The number of aryl methyl sites for hydroxylation is 2. The Balaban J connectivity index is 2.66. The molecule has 0 fully saturated rings. The lowest BCUT2D eigenvalue weighted by Crippen LogP contribution is -2.38. The first-order valence-corrected chi connectivity index (χ1v) is 7.23. The van der Waals surface area contributed by atoms with Gasteiger partial charge >= 0.3 is 0 Å². The van der Waals surface area contributed by atoms with Crippen molar-refractivity contribution in [2.45, 2.75) is 0 Å². The quantitative estimate of drug-likeness (QED) is 0.648. The van der Waals surface area contributed by atoms with Gasteiger partial charge < -0.3 is 0 Å². The Morgan fingerprint density at radius 2 is 2.11 bits per heavy atom. The molecule has 102 valence electrons. The van der Waals surface area contributed by atoms with Gasteiger partial charge in [-0.1, -0.05) is 4.68 Å². The number of carbonyl (C=O) groups is 1. The third-order valence-corrected chi connectivity index (χ3v) is 3.94. The van der Waals surface area contributed by atoms with E-state index in [9.17, 15) is 13.2 Å². The molecule has 9 heteroatoms. The average molecular weight is 284 g/mol. The number of hydrogen-bond acceptors (Lipinski definition) is 5. The van der Waals surface area contributed by atoms with Crippen molar-refractivity contribution in [1.29, 1.82) is 0 Å². The summed E-state index contributed by atoms with van der Waals surface area (Å²) in [5, 5.41) is 8.73. The summed E-state index contributed by atoms with van der Waals surface area (Å²) in [4.78, 5) is 12.2. The standard InChI is InChI=1S/C10H14N5O3S/c1-13-6-8(10(16)15(3)19(4,17)18)7-5-11-14(2)9(7)12-13/h5-6H,1-4H3/q+1. The largest absolute Gasteiger partial charge is 0.274 e. The van der Waals surface area contributed by atoms with E-state index in [4.69, 9.17) is 0 Å². The molecular formula is C10H14N5O3S+. The van der Waals surface area contributed by atoms with E-state index in [-0.39, 0.29) is 5.56 Å². The Bertz CT molecular complexity index is 765. The van der Waals surface area contributed by atoms with Crippen LogP contribution in [0.4, 0.5) is 0 Å². The van der Waals surface area contributed by atoms with E-state index in [2.05, 4.69) is 10.2 Å². The number of amides is 1. The smallest absolute Gasteiger partial charge is 0.268 e. The van der Waals surface area contributed by atoms with Gasteiger partial charge in [-0.05, 0) is 0 Å². The highest BCUT2D eigenvalue weighted by Gasteiger charge is 2.26. The van der Waals surface area contributed by atoms with Gasteiger partial charge in [0.25, 0.3) is 5.91 Å². The molecule has 2 rings (SSSR count). The SMILES string of the molecule is CN(C(=O)c1c[n+](C)nc2c1cnn2C)S(C)(=O)=O. The molecular weight excluding hydrogens is 270 g/mol. The molecule has 0 unspecified atom stereocenters. The zero-order valence-corrected chi connectivity index (χ0v) is 11.8. The lowest BCUT2D eigenvalue weighted by Gasteiger charge is -2.13. The van der Waals surface area contributed by atoms with Gasteiger partial charge in [0.05, 0.1) is 17.8 Å². The van der Waals surface area contributed by atoms with Crippen LogP contribution in [0.1, 0.15) is 10.4 Å². The average Bonchev–Trinajstić information content (AvgIpc) is 2.67. The van der Waals surface area contributed by atoms with E-state index < -0.39 is 15.9 Å². The van der Waals surface area contributed by atoms with Gasteiger partial charge in [0.15, 0.2) is 7.05 Å². The lowest BCUT2D eigenvalue weighted by molar-refractivity contribution is -0.728. The fraction of sp³-hybridized carbons (Fsp3) is 0.400. The Morgan fingerprint density at radius 3 is 2.68 bits per heavy atom. The molecule has 0 saturated carbocycles. The van der Waals surface area contributed by atoms with E-state index >= 15 is 0 Å². The van der Waals surface area contributed by atoms with Crippen LogP contribution in [0, 0.1) is 0 Å². The molecule has 2 aromatic rings. The van der Waals surface area contributed by atoms with Crippen molar-refractivity contribution in [3.05, 3.63) is 18.0 Å². The summed E-state index contributed by atoms with van der Waals surface area (Å²) in [6.07, 6.45) is 3.95. The van der Waals surface area contributed by atoms with Crippen LogP contribution in [-0.2, 0) is 24.1 Å². The first kappa shape index (κ1) is 13.4. The highest BCUT2D eigenvalue weighted by atomic mass is 32.2. The molecule has 0 atom stereocenters. The molecule has 0 radical (unpaired) electrons. The summed E-state index contributed by atoms with van der Waals surface area (Å²) in [6.45, 7) is 0. The number of carbonyl (C=O) groups excluding carboxylic acids is 1. The van der Waals surface area contributed by atoms with Crippen LogP contribution < -0.4 is 4.68 Å². The monoisotopic (exact) mass is 284 g/mol. The Kier molecular flexibility index (Phi) is 3.01. The molecule has 0 bridgehead atoms. The topological polar surface area (TPSA) is 89.0 Å². The van der Waals surface area contributed by atoms with Gasteiger partial charge in [0.1, 0.15) is 5.56 Å². The minimum Gasteiger partial charge on any atom is -0.268 e. The van der Waals surface area contributed by atoms with E-state index in [1.807, 2.05) is 0 Å². The van der Waals surface area contributed by atoms with Crippen LogP contribution in [0.25, 0.3) is 11.0 Å². The lowest BCUT2D eigenvalue weighted by atomic mass is 10.2.